The van der Waals surface area contributed by atoms with Crippen LogP contribution in [0.25, 0.3) is 0 Å². The van der Waals surface area contributed by atoms with Crippen LogP contribution < -0.4 is 10.5 Å². The molecule has 0 aliphatic heterocycles. The van der Waals surface area contributed by atoms with Crippen molar-refractivity contribution in [1.29, 1.82) is 5.26 Å². The number of halogens is 1. The molecule has 0 saturated carbocycles. The predicted octanol–water partition coefficient (Wildman–Crippen LogP) is 1.27. The van der Waals surface area contributed by atoms with Crippen molar-refractivity contribution in [3.8, 4) is 6.07 Å². The van der Waals surface area contributed by atoms with Crippen molar-refractivity contribution >= 4 is 15.9 Å². The molecular weight excluding hydrogens is 321 g/mol. The Labute approximate surface area is 132 Å². The Morgan fingerprint density at radius 2 is 2.00 bits per heavy atom. The predicted molar refractivity (Wildman–Crippen MR) is 80.1 cm³/mol. The standard InChI is InChI=1S/C15H12FN3O3S/c16-14-5-4-12(23(18,21)22)7-13(14)15(20)19-9-11-3-1-2-10(6-11)8-17/h1-7H,9H2,(H,19,20)(H2,18,21,22). The molecule has 0 saturated heterocycles. The molecule has 3 N–H and O–H groups in total. The molecule has 0 heterocycles. The topological polar surface area (TPSA) is 113 Å². The fourth-order valence-electron chi connectivity index (χ4n) is 1.88. The van der Waals surface area contributed by atoms with Crippen molar-refractivity contribution < 1.29 is 17.6 Å². The van der Waals surface area contributed by atoms with Crippen molar-refractivity contribution in [2.45, 2.75) is 11.4 Å². The van der Waals surface area contributed by atoms with Gasteiger partial charge in [0.05, 0.1) is 22.1 Å². The number of amides is 1. The normalized spacial score (nSPS) is 10.8. The van der Waals surface area contributed by atoms with Crippen LogP contribution in [0.15, 0.2) is 47.4 Å². The van der Waals surface area contributed by atoms with E-state index in [1.165, 1.54) is 0 Å². The van der Waals surface area contributed by atoms with Crippen LogP contribution in [0.5, 0.6) is 0 Å². The number of nitriles is 1. The lowest BCUT2D eigenvalue weighted by atomic mass is 10.1. The van der Waals surface area contributed by atoms with Gasteiger partial charge < -0.3 is 5.32 Å². The molecule has 0 aliphatic carbocycles. The molecule has 0 atom stereocenters. The Hall–Kier alpha value is -2.76. The van der Waals surface area contributed by atoms with Gasteiger partial charge in [0.2, 0.25) is 10.0 Å². The number of nitrogens with one attached hydrogen (secondary N) is 1. The van der Waals surface area contributed by atoms with Gasteiger partial charge in [0.25, 0.3) is 5.91 Å². The lowest BCUT2D eigenvalue weighted by Crippen LogP contribution is -2.24. The summed E-state index contributed by atoms with van der Waals surface area (Å²) in [6.07, 6.45) is 0. The Balaban J connectivity index is 2.19. The third-order valence-electron chi connectivity index (χ3n) is 3.02. The first-order valence-corrected chi connectivity index (χ1v) is 7.95. The van der Waals surface area contributed by atoms with Crippen LogP contribution in [0, 0.1) is 17.1 Å². The Bertz CT molecular complexity index is 904. The molecule has 0 aliphatic rings. The number of hydrogen-bond acceptors (Lipinski definition) is 4. The SMILES string of the molecule is N#Cc1cccc(CNC(=O)c2cc(S(N)(=O)=O)ccc2F)c1. The molecule has 8 heteroatoms. The third-order valence-corrected chi connectivity index (χ3v) is 3.93. The Morgan fingerprint density at radius 1 is 1.26 bits per heavy atom. The van der Waals surface area contributed by atoms with Gasteiger partial charge in [-0.3, -0.25) is 4.79 Å². The number of carbonyl (C=O) groups is 1. The molecular formula is C15H12FN3O3S. The molecule has 2 rings (SSSR count). The number of hydrogen-bond donors (Lipinski definition) is 2. The lowest BCUT2D eigenvalue weighted by Gasteiger charge is -2.08. The van der Waals surface area contributed by atoms with Crippen molar-refractivity contribution in [2.75, 3.05) is 0 Å². The molecule has 6 nitrogen and oxygen atoms in total. The zero-order valence-corrected chi connectivity index (χ0v) is 12.6. The summed E-state index contributed by atoms with van der Waals surface area (Å²) in [6.45, 7) is 0.0629. The zero-order valence-electron chi connectivity index (χ0n) is 11.8. The van der Waals surface area contributed by atoms with Crippen molar-refractivity contribution in [3.05, 3.63) is 65.0 Å². The minimum Gasteiger partial charge on any atom is -0.348 e. The molecule has 1 amide bonds. The van der Waals surface area contributed by atoms with Gasteiger partial charge in [-0.2, -0.15) is 5.26 Å². The number of sulfonamides is 1. The number of primary sulfonamides is 1. The van der Waals surface area contributed by atoms with E-state index in [2.05, 4.69) is 5.32 Å². The second-order valence-electron chi connectivity index (χ2n) is 4.68. The van der Waals surface area contributed by atoms with E-state index in [4.69, 9.17) is 10.4 Å². The van der Waals surface area contributed by atoms with Crippen LogP contribution in [0.1, 0.15) is 21.5 Å². The van der Waals surface area contributed by atoms with E-state index in [1.807, 2.05) is 6.07 Å². The van der Waals surface area contributed by atoms with Crippen molar-refractivity contribution in [3.63, 3.8) is 0 Å². The Kier molecular flexibility index (Phi) is 4.74. The van der Waals surface area contributed by atoms with E-state index >= 15 is 0 Å². The average molecular weight is 333 g/mol. The number of nitrogens with zero attached hydrogens (tertiary/aromatic N) is 1. The van der Waals surface area contributed by atoms with Crippen LogP contribution in [-0.4, -0.2) is 14.3 Å². The largest absolute Gasteiger partial charge is 0.348 e. The maximum absolute atomic E-state index is 13.7. The van der Waals surface area contributed by atoms with E-state index in [9.17, 15) is 17.6 Å². The van der Waals surface area contributed by atoms with Gasteiger partial charge in [0, 0.05) is 6.54 Å². The van der Waals surface area contributed by atoms with E-state index < -0.39 is 27.3 Å². The number of benzene rings is 2. The summed E-state index contributed by atoms with van der Waals surface area (Å²) in [5, 5.41) is 16.2. The van der Waals surface area contributed by atoms with E-state index in [1.54, 1.807) is 24.3 Å². The van der Waals surface area contributed by atoms with Gasteiger partial charge in [-0.15, -0.1) is 0 Å². The first kappa shape index (κ1) is 16.6. The monoisotopic (exact) mass is 333 g/mol. The summed E-state index contributed by atoms with van der Waals surface area (Å²) in [5.74, 6) is -1.64. The number of rotatable bonds is 4. The summed E-state index contributed by atoms with van der Waals surface area (Å²) in [6, 6.07) is 11.2. The highest BCUT2D eigenvalue weighted by Crippen LogP contribution is 2.14. The molecule has 0 unspecified atom stereocenters. The molecule has 0 aromatic heterocycles. The summed E-state index contributed by atoms with van der Waals surface area (Å²) in [5.41, 5.74) is 0.660. The van der Waals surface area contributed by atoms with Gasteiger partial charge in [-0.1, -0.05) is 12.1 Å². The van der Waals surface area contributed by atoms with E-state index in [0.717, 1.165) is 18.2 Å². The van der Waals surface area contributed by atoms with Crippen LogP contribution in [0.2, 0.25) is 0 Å². The zero-order chi connectivity index (χ0) is 17.0. The van der Waals surface area contributed by atoms with Gasteiger partial charge in [0.1, 0.15) is 5.82 Å². The summed E-state index contributed by atoms with van der Waals surface area (Å²) >= 11 is 0. The van der Waals surface area contributed by atoms with Crippen LogP contribution in [0.4, 0.5) is 4.39 Å². The second kappa shape index (κ2) is 6.56. The van der Waals surface area contributed by atoms with Gasteiger partial charge in [0.15, 0.2) is 0 Å². The summed E-state index contributed by atoms with van der Waals surface area (Å²) < 4.78 is 36.2. The smallest absolute Gasteiger partial charge is 0.254 e. The van der Waals surface area contributed by atoms with Crippen LogP contribution in [-0.2, 0) is 16.6 Å². The van der Waals surface area contributed by atoms with Crippen LogP contribution in [0.3, 0.4) is 0 Å². The first-order chi connectivity index (χ1) is 10.8. The van der Waals surface area contributed by atoms with Gasteiger partial charge >= 0.3 is 0 Å². The molecule has 0 fully saturated rings. The first-order valence-electron chi connectivity index (χ1n) is 6.41. The van der Waals surface area contributed by atoms with Crippen LogP contribution >= 0.6 is 0 Å². The fourth-order valence-corrected chi connectivity index (χ4v) is 2.42. The average Bonchev–Trinajstić information content (AvgIpc) is 2.52. The highest BCUT2D eigenvalue weighted by Gasteiger charge is 2.16. The lowest BCUT2D eigenvalue weighted by molar-refractivity contribution is 0.0946. The molecule has 2 aromatic carbocycles. The molecule has 0 radical (unpaired) electrons. The molecule has 2 aromatic rings. The number of nitrogens with two attached hydrogens (primary N) is 1. The Morgan fingerprint density at radius 3 is 2.65 bits per heavy atom. The third kappa shape index (κ3) is 4.12. The molecule has 0 spiro atoms. The van der Waals surface area contributed by atoms with Gasteiger partial charge in [-0.05, 0) is 35.9 Å². The van der Waals surface area contributed by atoms with E-state index in [-0.39, 0.29) is 11.4 Å². The molecule has 0 bridgehead atoms. The minimum absolute atomic E-state index is 0.0629. The maximum atomic E-state index is 13.7. The van der Waals surface area contributed by atoms with E-state index in [0.29, 0.717) is 11.1 Å². The highest BCUT2D eigenvalue weighted by molar-refractivity contribution is 7.89. The second-order valence-corrected chi connectivity index (χ2v) is 6.24. The maximum Gasteiger partial charge on any atom is 0.254 e. The molecule has 118 valence electrons. The van der Waals surface area contributed by atoms with Gasteiger partial charge in [-0.25, -0.2) is 17.9 Å². The van der Waals surface area contributed by atoms with Crippen molar-refractivity contribution in [2.24, 2.45) is 5.14 Å². The quantitative estimate of drug-likeness (QED) is 0.877. The molecule has 23 heavy (non-hydrogen) atoms. The highest BCUT2D eigenvalue weighted by atomic mass is 32.2. The summed E-state index contributed by atoms with van der Waals surface area (Å²) in [4.78, 5) is 11.7. The minimum atomic E-state index is -4.03. The summed E-state index contributed by atoms with van der Waals surface area (Å²) in [7, 11) is -4.03. The fraction of sp³-hybridized carbons (Fsp3) is 0.0667. The number of carbonyl (C=O) groups excluding carboxylic acids is 1. The van der Waals surface area contributed by atoms with Crippen molar-refractivity contribution in [1.82, 2.24) is 5.32 Å².